The Bertz CT molecular complexity index is 1140. The van der Waals surface area contributed by atoms with Gasteiger partial charge < -0.3 is 25.4 Å². The Morgan fingerprint density at radius 1 is 1.27 bits per heavy atom. The van der Waals surface area contributed by atoms with Crippen molar-refractivity contribution in [3.63, 3.8) is 0 Å². The number of hydrogen-bond donors (Lipinski definition) is 3. The number of hydrogen-bond acceptors (Lipinski definition) is 8. The fraction of sp³-hybridized carbons (Fsp3) is 0.500. The number of benzene rings is 1. The van der Waals surface area contributed by atoms with E-state index in [0.29, 0.717) is 5.56 Å². The minimum Gasteiger partial charge on any atom is -0.487 e. The van der Waals surface area contributed by atoms with Gasteiger partial charge in [0, 0.05) is 51.5 Å². The Balaban J connectivity index is 0.000000479. The van der Waals surface area contributed by atoms with Gasteiger partial charge in [0.1, 0.15) is 6.10 Å². The minimum absolute atomic E-state index is 0.0718. The summed E-state index contributed by atoms with van der Waals surface area (Å²) in [7, 11) is 0. The Morgan fingerprint density at radius 2 is 1.95 bits per heavy atom. The van der Waals surface area contributed by atoms with Crippen LogP contribution >= 0.6 is 0 Å². The van der Waals surface area contributed by atoms with E-state index < -0.39 is 18.0 Å². The SMILES string of the molecule is CC(C)Nc1nc2c(nc1N1CCC(Oc3ccc(C#N)cc3F)CC1)CNCC2.O=C(O)C(F)(F)F. The number of carbonyl (C=O) groups is 1. The van der Waals surface area contributed by atoms with Crippen LogP contribution in [-0.4, -0.2) is 59.0 Å². The molecule has 0 saturated carbocycles. The normalized spacial score (nSPS) is 15.8. The lowest BCUT2D eigenvalue weighted by Gasteiger charge is -2.34. The smallest absolute Gasteiger partial charge is 0.487 e. The molecule has 3 N–H and O–H groups in total. The van der Waals surface area contributed by atoms with Gasteiger partial charge in [-0.15, -0.1) is 0 Å². The summed E-state index contributed by atoms with van der Waals surface area (Å²) in [6, 6.07) is 6.52. The first-order chi connectivity index (χ1) is 17.5. The molecule has 37 heavy (non-hydrogen) atoms. The Labute approximate surface area is 211 Å². The standard InChI is InChI=1S/C22H27FN6O.C2HF3O2/c1-14(2)26-21-22(28-19-13-25-8-5-18(19)27-21)29-9-6-16(7-10-29)30-20-4-3-15(12-24)11-17(20)23;3-2(4,5)1(6)7/h3-4,11,14,16,25H,5-10,13H2,1-2H3,(H,26,27);(H,6,7). The minimum atomic E-state index is -5.08. The second-order valence-electron chi connectivity index (χ2n) is 8.88. The zero-order valence-corrected chi connectivity index (χ0v) is 20.4. The zero-order chi connectivity index (χ0) is 27.2. The Morgan fingerprint density at radius 3 is 2.51 bits per heavy atom. The summed E-state index contributed by atoms with van der Waals surface area (Å²) >= 11 is 0. The highest BCUT2D eigenvalue weighted by Gasteiger charge is 2.38. The van der Waals surface area contributed by atoms with Crippen molar-refractivity contribution in [1.29, 1.82) is 5.26 Å². The molecule has 13 heteroatoms. The zero-order valence-electron chi connectivity index (χ0n) is 20.4. The van der Waals surface area contributed by atoms with E-state index in [9.17, 15) is 17.6 Å². The van der Waals surface area contributed by atoms with Crippen LogP contribution in [0.2, 0.25) is 0 Å². The molecule has 9 nitrogen and oxygen atoms in total. The molecule has 0 atom stereocenters. The summed E-state index contributed by atoms with van der Waals surface area (Å²) in [6.07, 6.45) is -2.74. The molecule has 0 amide bonds. The lowest BCUT2D eigenvalue weighted by Crippen LogP contribution is -2.40. The van der Waals surface area contributed by atoms with Gasteiger partial charge in [0.05, 0.1) is 23.0 Å². The van der Waals surface area contributed by atoms with Crippen LogP contribution in [0, 0.1) is 17.1 Å². The molecule has 2 aliphatic rings. The number of fused-ring (bicyclic) bond motifs is 1. The summed E-state index contributed by atoms with van der Waals surface area (Å²) in [5.41, 5.74) is 2.37. The average molecular weight is 525 g/mol. The molecule has 1 saturated heterocycles. The fourth-order valence-electron chi connectivity index (χ4n) is 3.87. The van der Waals surface area contributed by atoms with Crippen molar-refractivity contribution in [3.8, 4) is 11.8 Å². The third-order valence-electron chi connectivity index (χ3n) is 5.63. The number of nitriles is 1. The van der Waals surface area contributed by atoms with Gasteiger partial charge in [0.2, 0.25) is 0 Å². The second-order valence-corrected chi connectivity index (χ2v) is 8.88. The number of carboxylic acids is 1. The molecule has 4 rings (SSSR count). The predicted octanol–water partition coefficient (Wildman–Crippen LogP) is 3.63. The molecular weight excluding hydrogens is 496 g/mol. The molecule has 0 unspecified atom stereocenters. The first-order valence-electron chi connectivity index (χ1n) is 11.8. The molecule has 1 aromatic heterocycles. The van der Waals surface area contributed by atoms with Crippen LogP contribution in [0.15, 0.2) is 18.2 Å². The maximum absolute atomic E-state index is 14.1. The average Bonchev–Trinajstić information content (AvgIpc) is 2.85. The first-order valence-corrected chi connectivity index (χ1v) is 11.8. The number of alkyl halides is 3. The molecule has 2 aromatic rings. The number of anilines is 2. The van der Waals surface area contributed by atoms with E-state index in [1.54, 1.807) is 6.07 Å². The number of ether oxygens (including phenoxy) is 1. The number of nitrogens with zero attached hydrogens (tertiary/aromatic N) is 4. The summed E-state index contributed by atoms with van der Waals surface area (Å²) in [4.78, 5) is 21.0. The van der Waals surface area contributed by atoms with Crippen molar-refractivity contribution >= 4 is 17.6 Å². The number of piperidine rings is 1. The predicted molar refractivity (Wildman–Crippen MR) is 127 cm³/mol. The maximum atomic E-state index is 14.1. The highest BCUT2D eigenvalue weighted by Crippen LogP contribution is 2.30. The third-order valence-corrected chi connectivity index (χ3v) is 5.63. The molecule has 200 valence electrons. The van der Waals surface area contributed by atoms with Crippen molar-refractivity contribution in [1.82, 2.24) is 15.3 Å². The van der Waals surface area contributed by atoms with E-state index in [1.165, 1.54) is 12.1 Å². The van der Waals surface area contributed by atoms with Crippen LogP contribution in [0.5, 0.6) is 5.75 Å². The van der Waals surface area contributed by atoms with Crippen LogP contribution in [0.1, 0.15) is 43.6 Å². The highest BCUT2D eigenvalue weighted by molar-refractivity contribution is 5.73. The van der Waals surface area contributed by atoms with Crippen molar-refractivity contribution < 1.29 is 32.2 Å². The number of rotatable bonds is 5. The van der Waals surface area contributed by atoms with E-state index in [1.807, 2.05) is 6.07 Å². The lowest BCUT2D eigenvalue weighted by molar-refractivity contribution is -0.192. The third kappa shape index (κ3) is 7.66. The van der Waals surface area contributed by atoms with E-state index >= 15 is 0 Å². The number of halogens is 4. The van der Waals surface area contributed by atoms with Crippen molar-refractivity contribution in [3.05, 3.63) is 41.0 Å². The summed E-state index contributed by atoms with van der Waals surface area (Å²) in [5.74, 6) is -1.33. The molecule has 0 radical (unpaired) electrons. The summed E-state index contributed by atoms with van der Waals surface area (Å²) in [5, 5.41) is 22.8. The van der Waals surface area contributed by atoms with E-state index in [4.69, 9.17) is 29.9 Å². The van der Waals surface area contributed by atoms with E-state index in [0.717, 1.165) is 68.5 Å². The van der Waals surface area contributed by atoms with Crippen molar-refractivity contribution in [2.45, 2.75) is 58.0 Å². The first kappa shape index (κ1) is 27.9. The molecular formula is C24H28F4N6O3. The highest BCUT2D eigenvalue weighted by atomic mass is 19.4. The quantitative estimate of drug-likeness (QED) is 0.503. The van der Waals surface area contributed by atoms with Crippen LogP contribution in [0.4, 0.5) is 29.2 Å². The van der Waals surface area contributed by atoms with Gasteiger partial charge in [-0.05, 0) is 32.0 Å². The fourth-order valence-corrected chi connectivity index (χ4v) is 3.87. The number of aliphatic carboxylic acids is 1. The largest absolute Gasteiger partial charge is 0.490 e. The number of nitrogens with one attached hydrogen (secondary N) is 2. The molecule has 0 aliphatic carbocycles. The van der Waals surface area contributed by atoms with Gasteiger partial charge in [0.15, 0.2) is 23.2 Å². The summed E-state index contributed by atoms with van der Waals surface area (Å²) in [6.45, 7) is 7.38. The molecule has 0 bridgehead atoms. The summed E-state index contributed by atoms with van der Waals surface area (Å²) < 4.78 is 51.8. The van der Waals surface area contributed by atoms with Crippen molar-refractivity contribution in [2.24, 2.45) is 0 Å². The molecule has 0 spiro atoms. The van der Waals surface area contributed by atoms with Gasteiger partial charge in [0.25, 0.3) is 0 Å². The van der Waals surface area contributed by atoms with Gasteiger partial charge in [-0.2, -0.15) is 18.4 Å². The van der Waals surface area contributed by atoms with E-state index in [-0.39, 0.29) is 17.9 Å². The second kappa shape index (κ2) is 12.1. The van der Waals surface area contributed by atoms with Crippen molar-refractivity contribution in [2.75, 3.05) is 29.9 Å². The van der Waals surface area contributed by atoms with Crippen LogP contribution < -0.4 is 20.3 Å². The monoisotopic (exact) mass is 524 g/mol. The van der Waals surface area contributed by atoms with Gasteiger partial charge in [-0.25, -0.2) is 19.2 Å². The molecule has 3 heterocycles. The van der Waals surface area contributed by atoms with Gasteiger partial charge in [-0.3, -0.25) is 0 Å². The number of carboxylic acid groups (broad SMARTS) is 1. The molecule has 1 fully saturated rings. The van der Waals surface area contributed by atoms with Gasteiger partial charge >= 0.3 is 12.1 Å². The van der Waals surface area contributed by atoms with Gasteiger partial charge in [-0.1, -0.05) is 0 Å². The molecule has 1 aromatic carbocycles. The van der Waals surface area contributed by atoms with Crippen LogP contribution in [0.3, 0.4) is 0 Å². The Hall–Kier alpha value is -3.66. The molecule has 2 aliphatic heterocycles. The lowest BCUT2D eigenvalue weighted by atomic mass is 10.1. The number of aromatic nitrogens is 2. The van der Waals surface area contributed by atoms with E-state index in [2.05, 4.69) is 29.4 Å². The topological polar surface area (TPSA) is 123 Å². The van der Waals surface area contributed by atoms with Crippen LogP contribution in [0.25, 0.3) is 0 Å². The Kier molecular flexibility index (Phi) is 9.09. The van der Waals surface area contributed by atoms with Crippen LogP contribution in [-0.2, 0) is 17.8 Å². The maximum Gasteiger partial charge on any atom is 0.490 e.